The fourth-order valence-electron chi connectivity index (χ4n) is 4.50. The van der Waals surface area contributed by atoms with E-state index in [1.165, 1.54) is 0 Å². The molecule has 3 aliphatic rings. The summed E-state index contributed by atoms with van der Waals surface area (Å²) in [5.74, 6) is 0.564. The van der Waals surface area contributed by atoms with Crippen LogP contribution in [-0.4, -0.2) is 58.4 Å². The van der Waals surface area contributed by atoms with E-state index in [-0.39, 0.29) is 29.8 Å². The van der Waals surface area contributed by atoms with Gasteiger partial charge in [0.1, 0.15) is 0 Å². The maximum absolute atomic E-state index is 13.0. The van der Waals surface area contributed by atoms with Gasteiger partial charge in [0.25, 0.3) is 0 Å². The summed E-state index contributed by atoms with van der Waals surface area (Å²) < 4.78 is 5.39. The van der Waals surface area contributed by atoms with Crippen molar-refractivity contribution in [2.45, 2.75) is 50.7 Å². The van der Waals surface area contributed by atoms with Gasteiger partial charge in [-0.15, -0.1) is 0 Å². The number of carbonyl (C=O) groups excluding carboxylic acids is 2. The predicted molar refractivity (Wildman–Crippen MR) is 91.5 cm³/mol. The molecule has 0 radical (unpaired) electrons. The quantitative estimate of drug-likeness (QED) is 0.836. The Bertz CT molecular complexity index is 630. The lowest BCUT2D eigenvalue weighted by atomic mass is 9.93. The topological polar surface area (TPSA) is 62.7 Å². The van der Waals surface area contributed by atoms with Crippen molar-refractivity contribution in [1.82, 2.24) is 14.8 Å². The molecule has 1 aromatic rings. The molecule has 25 heavy (non-hydrogen) atoms. The molecule has 4 heterocycles. The number of fused-ring (bicyclic) bond motifs is 1. The highest BCUT2D eigenvalue weighted by Gasteiger charge is 2.45. The fraction of sp³-hybridized carbons (Fsp3) is 0.632. The van der Waals surface area contributed by atoms with Crippen molar-refractivity contribution >= 4 is 11.8 Å². The summed E-state index contributed by atoms with van der Waals surface area (Å²) in [5.41, 5.74) is 1.05. The van der Waals surface area contributed by atoms with Crippen LogP contribution in [0.2, 0.25) is 0 Å². The first-order valence-electron chi connectivity index (χ1n) is 9.30. The van der Waals surface area contributed by atoms with E-state index in [0.29, 0.717) is 26.2 Å². The van der Waals surface area contributed by atoms with Gasteiger partial charge in [-0.05, 0) is 37.3 Å². The second-order valence-corrected chi connectivity index (χ2v) is 7.26. The summed E-state index contributed by atoms with van der Waals surface area (Å²) in [4.78, 5) is 33.6. The molecule has 0 saturated carbocycles. The number of nitrogens with zero attached hydrogens (tertiary/aromatic N) is 3. The van der Waals surface area contributed by atoms with Crippen LogP contribution in [0.1, 0.15) is 37.7 Å². The maximum atomic E-state index is 13.0. The predicted octanol–water partition coefficient (Wildman–Crippen LogP) is 1.60. The molecule has 6 nitrogen and oxygen atoms in total. The van der Waals surface area contributed by atoms with Crippen LogP contribution in [0, 0.1) is 5.92 Å². The largest absolute Gasteiger partial charge is 0.381 e. The lowest BCUT2D eigenvalue weighted by Crippen LogP contribution is -2.53. The number of amides is 2. The van der Waals surface area contributed by atoms with Crippen LogP contribution in [-0.2, 0) is 20.9 Å². The van der Waals surface area contributed by atoms with E-state index < -0.39 is 0 Å². The zero-order valence-electron chi connectivity index (χ0n) is 14.5. The Balaban J connectivity index is 1.48. The third-order valence-electron chi connectivity index (χ3n) is 5.81. The van der Waals surface area contributed by atoms with Gasteiger partial charge in [-0.2, -0.15) is 0 Å². The minimum absolute atomic E-state index is 0.0944. The zero-order chi connectivity index (χ0) is 17.2. The van der Waals surface area contributed by atoms with E-state index >= 15 is 0 Å². The Morgan fingerprint density at radius 1 is 1.20 bits per heavy atom. The van der Waals surface area contributed by atoms with Crippen molar-refractivity contribution in [2.24, 2.45) is 5.92 Å². The van der Waals surface area contributed by atoms with Crippen LogP contribution in [0.3, 0.4) is 0 Å². The Morgan fingerprint density at radius 2 is 2.04 bits per heavy atom. The molecule has 134 valence electrons. The molecule has 3 fully saturated rings. The smallest absolute Gasteiger partial charge is 0.226 e. The molecule has 1 aromatic heterocycles. The minimum Gasteiger partial charge on any atom is -0.381 e. The third-order valence-corrected chi connectivity index (χ3v) is 5.81. The van der Waals surface area contributed by atoms with Crippen molar-refractivity contribution in [1.29, 1.82) is 0 Å². The normalized spacial score (nSPS) is 27.4. The van der Waals surface area contributed by atoms with Crippen LogP contribution >= 0.6 is 0 Å². The molecule has 0 aliphatic carbocycles. The standard InChI is InChI=1S/C19H25N3O3/c23-18-4-3-16-17(22(18)13-14-2-1-8-20-12-14)5-9-21(16)19(24)15-6-10-25-11-7-15/h1-2,8,12,15-17H,3-7,9-11,13H2/t16-,17-/m0/s1. The van der Waals surface area contributed by atoms with Crippen molar-refractivity contribution in [3.05, 3.63) is 30.1 Å². The van der Waals surface area contributed by atoms with Gasteiger partial charge < -0.3 is 14.5 Å². The molecule has 2 amide bonds. The highest BCUT2D eigenvalue weighted by Crippen LogP contribution is 2.34. The van der Waals surface area contributed by atoms with Gasteiger partial charge in [-0.25, -0.2) is 0 Å². The van der Waals surface area contributed by atoms with Crippen LogP contribution in [0.5, 0.6) is 0 Å². The average molecular weight is 343 g/mol. The minimum atomic E-state index is 0.0944. The monoisotopic (exact) mass is 343 g/mol. The molecule has 6 heteroatoms. The first-order chi connectivity index (χ1) is 12.2. The summed E-state index contributed by atoms with van der Waals surface area (Å²) in [7, 11) is 0. The molecular formula is C19H25N3O3. The number of piperidine rings is 1. The van der Waals surface area contributed by atoms with Gasteiger partial charge in [-0.3, -0.25) is 14.6 Å². The number of hydrogen-bond donors (Lipinski definition) is 0. The second-order valence-electron chi connectivity index (χ2n) is 7.26. The Morgan fingerprint density at radius 3 is 2.80 bits per heavy atom. The van der Waals surface area contributed by atoms with Gasteiger partial charge in [0.05, 0.1) is 12.1 Å². The van der Waals surface area contributed by atoms with E-state index in [0.717, 1.165) is 37.8 Å². The van der Waals surface area contributed by atoms with Crippen LogP contribution in [0.15, 0.2) is 24.5 Å². The van der Waals surface area contributed by atoms with Crippen molar-refractivity contribution in [3.63, 3.8) is 0 Å². The van der Waals surface area contributed by atoms with Crippen molar-refractivity contribution < 1.29 is 14.3 Å². The number of rotatable bonds is 3. The maximum Gasteiger partial charge on any atom is 0.226 e. The number of ether oxygens (including phenoxy) is 1. The molecule has 3 aliphatic heterocycles. The van der Waals surface area contributed by atoms with Gasteiger partial charge >= 0.3 is 0 Å². The third kappa shape index (κ3) is 3.27. The number of aromatic nitrogens is 1. The first kappa shape index (κ1) is 16.5. The fourth-order valence-corrected chi connectivity index (χ4v) is 4.50. The van der Waals surface area contributed by atoms with Crippen LogP contribution in [0.25, 0.3) is 0 Å². The van der Waals surface area contributed by atoms with Gasteiger partial charge in [0.2, 0.25) is 11.8 Å². The van der Waals surface area contributed by atoms with Crippen molar-refractivity contribution in [3.8, 4) is 0 Å². The SMILES string of the molecule is O=C1CC[C@H]2[C@H](CCN2C(=O)C2CCOCC2)N1Cc1cccnc1. The molecular weight excluding hydrogens is 318 g/mol. The van der Waals surface area contributed by atoms with Gasteiger partial charge in [0.15, 0.2) is 0 Å². The Hall–Kier alpha value is -1.95. The molecule has 0 bridgehead atoms. The van der Waals surface area contributed by atoms with E-state index in [1.54, 1.807) is 6.20 Å². The van der Waals surface area contributed by atoms with Crippen LogP contribution < -0.4 is 0 Å². The van der Waals surface area contributed by atoms with E-state index in [4.69, 9.17) is 4.74 Å². The number of carbonyl (C=O) groups is 2. The van der Waals surface area contributed by atoms with Gasteiger partial charge in [-0.1, -0.05) is 6.07 Å². The lowest BCUT2D eigenvalue weighted by molar-refractivity contribution is -0.145. The summed E-state index contributed by atoms with van der Waals surface area (Å²) in [6.45, 7) is 2.73. The number of pyridine rings is 1. The number of hydrogen-bond acceptors (Lipinski definition) is 4. The van der Waals surface area contributed by atoms with Gasteiger partial charge in [0, 0.05) is 51.0 Å². The molecule has 3 saturated heterocycles. The molecule has 0 aromatic carbocycles. The molecule has 0 N–H and O–H groups in total. The van der Waals surface area contributed by atoms with E-state index in [1.807, 2.05) is 23.2 Å². The van der Waals surface area contributed by atoms with Crippen molar-refractivity contribution in [2.75, 3.05) is 19.8 Å². The first-order valence-corrected chi connectivity index (χ1v) is 9.30. The molecule has 2 atom stereocenters. The highest BCUT2D eigenvalue weighted by atomic mass is 16.5. The van der Waals surface area contributed by atoms with E-state index in [9.17, 15) is 9.59 Å². The Labute approximate surface area is 148 Å². The summed E-state index contributed by atoms with van der Waals surface area (Å²) in [5, 5.41) is 0. The van der Waals surface area contributed by atoms with E-state index in [2.05, 4.69) is 9.88 Å². The zero-order valence-corrected chi connectivity index (χ0v) is 14.5. The van der Waals surface area contributed by atoms with Crippen LogP contribution in [0.4, 0.5) is 0 Å². The molecule has 4 rings (SSSR count). The highest BCUT2D eigenvalue weighted by molar-refractivity contribution is 5.81. The Kier molecular flexibility index (Phi) is 4.70. The number of likely N-dealkylation sites (tertiary alicyclic amines) is 2. The summed E-state index contributed by atoms with van der Waals surface area (Å²) in [6.07, 6.45) is 7.41. The summed E-state index contributed by atoms with van der Waals surface area (Å²) in [6, 6.07) is 4.22. The lowest BCUT2D eigenvalue weighted by Gasteiger charge is -2.40. The average Bonchev–Trinajstić information content (AvgIpc) is 3.09. The second kappa shape index (κ2) is 7.12. The molecule has 0 spiro atoms. The molecule has 0 unspecified atom stereocenters. The summed E-state index contributed by atoms with van der Waals surface area (Å²) >= 11 is 0.